The zero-order valence-electron chi connectivity index (χ0n) is 34.9. The molecule has 8 N–H and O–H groups in total. The summed E-state index contributed by atoms with van der Waals surface area (Å²) in [6.45, 7) is 15.1. The molecule has 1 heterocycles. The molecule has 1 aliphatic rings. The molecule has 1 aromatic carbocycles. The summed E-state index contributed by atoms with van der Waals surface area (Å²) in [5.74, 6) is -5.28. The molecule has 9 unspecified atom stereocenters. The standard InChI is InChI=1S/C41H67N7O8S/c1-9-25(7)33(40(54)48-18-14-17-32(48)39(53)45-31(22-57)38(52)47-34(41(55)56)26(8)10-2)46-37(51)30(21-27-15-12-11-13-16-27)44-36(50)29(20-24(5)6)43-35(49)28(42)19-23(3)4/h11-13,15-16,23-26,28-34,57H,9-10,14,17-22,42H2,1-8H3,(H,43,49)(H,44,50)(H,45,53)(H,46,51)(H,47,52)(H,55,56). The second-order valence-corrected chi connectivity index (χ2v) is 16.6. The molecule has 1 aliphatic heterocycles. The summed E-state index contributed by atoms with van der Waals surface area (Å²) in [5.41, 5.74) is 6.89. The maximum atomic E-state index is 14.3. The van der Waals surface area contributed by atoms with Crippen LogP contribution in [0.5, 0.6) is 0 Å². The van der Waals surface area contributed by atoms with Gasteiger partial charge in [0.25, 0.3) is 0 Å². The Balaban J connectivity index is 2.34. The highest BCUT2D eigenvalue weighted by Crippen LogP contribution is 2.22. The summed E-state index contributed by atoms with van der Waals surface area (Å²) in [7, 11) is 0. The number of nitrogens with zero attached hydrogens (tertiary/aromatic N) is 1. The molecular weight excluding hydrogens is 751 g/mol. The maximum absolute atomic E-state index is 14.3. The summed E-state index contributed by atoms with van der Waals surface area (Å²) in [5, 5.41) is 23.3. The maximum Gasteiger partial charge on any atom is 0.326 e. The van der Waals surface area contributed by atoms with Gasteiger partial charge in [-0.2, -0.15) is 12.6 Å². The fourth-order valence-electron chi connectivity index (χ4n) is 6.75. The van der Waals surface area contributed by atoms with E-state index in [0.29, 0.717) is 38.5 Å². The summed E-state index contributed by atoms with van der Waals surface area (Å²) in [6, 6.07) is 1.84. The average Bonchev–Trinajstić information content (AvgIpc) is 3.66. The number of carboxylic acids is 1. The number of carboxylic acid groups (broad SMARTS) is 1. The van der Waals surface area contributed by atoms with Crippen molar-refractivity contribution >= 4 is 54.0 Å². The zero-order chi connectivity index (χ0) is 43.0. The van der Waals surface area contributed by atoms with E-state index in [1.165, 1.54) is 4.90 Å². The van der Waals surface area contributed by atoms with Crippen LogP contribution < -0.4 is 32.3 Å². The summed E-state index contributed by atoms with van der Waals surface area (Å²) < 4.78 is 0. The molecule has 2 rings (SSSR count). The minimum absolute atomic E-state index is 0.0191. The van der Waals surface area contributed by atoms with Crippen LogP contribution in [0.3, 0.4) is 0 Å². The lowest BCUT2D eigenvalue weighted by Gasteiger charge is -2.33. The second kappa shape index (κ2) is 23.9. The minimum Gasteiger partial charge on any atom is -0.480 e. The Bertz CT molecular complexity index is 1510. The first-order valence-corrected chi connectivity index (χ1v) is 20.9. The third-order valence-electron chi connectivity index (χ3n) is 10.5. The highest BCUT2D eigenvalue weighted by Gasteiger charge is 2.41. The van der Waals surface area contributed by atoms with E-state index in [1.54, 1.807) is 6.92 Å². The number of carbonyl (C=O) groups is 7. The van der Waals surface area contributed by atoms with Crippen LogP contribution in [-0.4, -0.2) is 106 Å². The summed E-state index contributed by atoms with van der Waals surface area (Å²) in [4.78, 5) is 95.4. The first-order chi connectivity index (χ1) is 26.8. The second-order valence-electron chi connectivity index (χ2n) is 16.2. The number of nitrogens with two attached hydrogens (primary N) is 1. The highest BCUT2D eigenvalue weighted by molar-refractivity contribution is 7.80. The monoisotopic (exact) mass is 817 g/mol. The van der Waals surface area contributed by atoms with Gasteiger partial charge in [0.15, 0.2) is 0 Å². The van der Waals surface area contributed by atoms with Gasteiger partial charge < -0.3 is 42.3 Å². The van der Waals surface area contributed by atoms with Gasteiger partial charge in [-0.15, -0.1) is 0 Å². The number of thiol groups is 1. The first kappa shape index (κ1) is 49.0. The SMILES string of the molecule is CCC(C)C(NC(=O)C(CS)NC(=O)C1CCCN1C(=O)C(NC(=O)C(Cc1ccccc1)NC(=O)C(CC(C)C)NC(=O)C(N)CC(C)C)C(C)CC)C(=O)O. The molecule has 57 heavy (non-hydrogen) atoms. The number of rotatable bonds is 23. The fraction of sp³-hybridized carbons (Fsp3) is 0.683. The molecule has 320 valence electrons. The number of hydrogen-bond acceptors (Lipinski definition) is 9. The Hall–Kier alpha value is -4.18. The van der Waals surface area contributed by atoms with Crippen LogP contribution >= 0.6 is 12.6 Å². The van der Waals surface area contributed by atoms with E-state index in [4.69, 9.17) is 5.73 Å². The Morgan fingerprint density at radius 3 is 1.81 bits per heavy atom. The van der Waals surface area contributed by atoms with Gasteiger partial charge in [0.1, 0.15) is 36.3 Å². The van der Waals surface area contributed by atoms with E-state index < -0.39 is 83.7 Å². The topological polar surface area (TPSA) is 229 Å². The van der Waals surface area contributed by atoms with Gasteiger partial charge in [-0.1, -0.05) is 98.6 Å². The lowest BCUT2D eigenvalue weighted by molar-refractivity contribution is -0.144. The van der Waals surface area contributed by atoms with Crippen molar-refractivity contribution in [2.75, 3.05) is 12.3 Å². The fourth-order valence-corrected chi connectivity index (χ4v) is 7.00. The van der Waals surface area contributed by atoms with Crippen molar-refractivity contribution in [1.82, 2.24) is 31.5 Å². The van der Waals surface area contributed by atoms with Crippen LogP contribution in [0, 0.1) is 23.7 Å². The first-order valence-electron chi connectivity index (χ1n) is 20.3. The Labute approximate surface area is 343 Å². The van der Waals surface area contributed by atoms with Crippen molar-refractivity contribution in [3.63, 3.8) is 0 Å². The molecular formula is C41H67N7O8S. The Morgan fingerprint density at radius 2 is 1.26 bits per heavy atom. The van der Waals surface area contributed by atoms with Gasteiger partial charge in [0, 0.05) is 18.7 Å². The average molecular weight is 818 g/mol. The van der Waals surface area contributed by atoms with Gasteiger partial charge in [-0.3, -0.25) is 28.8 Å². The molecule has 1 fully saturated rings. The van der Waals surface area contributed by atoms with Crippen molar-refractivity contribution in [2.24, 2.45) is 29.4 Å². The molecule has 1 aromatic rings. The molecule has 0 aliphatic carbocycles. The van der Waals surface area contributed by atoms with Gasteiger partial charge in [0.05, 0.1) is 6.04 Å². The Morgan fingerprint density at radius 1 is 0.737 bits per heavy atom. The highest BCUT2D eigenvalue weighted by atomic mass is 32.1. The smallest absolute Gasteiger partial charge is 0.326 e. The number of amides is 6. The third kappa shape index (κ3) is 15.3. The van der Waals surface area contributed by atoms with E-state index in [0.717, 1.165) is 5.56 Å². The molecule has 9 atom stereocenters. The number of nitrogens with one attached hydrogen (secondary N) is 5. The summed E-state index contributed by atoms with van der Waals surface area (Å²) in [6.07, 6.45) is 2.63. The molecule has 0 bridgehead atoms. The normalized spacial score (nSPS) is 18.3. The van der Waals surface area contributed by atoms with Crippen LogP contribution in [0.2, 0.25) is 0 Å². The van der Waals surface area contributed by atoms with Crippen LogP contribution in [-0.2, 0) is 40.0 Å². The predicted octanol–water partition coefficient (Wildman–Crippen LogP) is 2.17. The van der Waals surface area contributed by atoms with Gasteiger partial charge >= 0.3 is 5.97 Å². The zero-order valence-corrected chi connectivity index (χ0v) is 35.8. The quantitative estimate of drug-likeness (QED) is 0.0756. The number of carbonyl (C=O) groups excluding carboxylic acids is 6. The lowest BCUT2D eigenvalue weighted by Crippen LogP contribution is -2.61. The number of benzene rings is 1. The third-order valence-corrected chi connectivity index (χ3v) is 10.9. The molecule has 0 saturated carbocycles. The van der Waals surface area contributed by atoms with Crippen LogP contribution in [0.15, 0.2) is 30.3 Å². The molecule has 6 amide bonds. The number of aliphatic carboxylic acids is 1. The summed E-state index contributed by atoms with van der Waals surface area (Å²) >= 11 is 4.23. The van der Waals surface area contributed by atoms with Gasteiger partial charge in [0.2, 0.25) is 35.4 Å². The van der Waals surface area contributed by atoms with E-state index in [-0.39, 0.29) is 42.4 Å². The lowest BCUT2D eigenvalue weighted by atomic mass is 9.96. The van der Waals surface area contributed by atoms with E-state index >= 15 is 0 Å². The van der Waals surface area contributed by atoms with Crippen molar-refractivity contribution < 1.29 is 38.7 Å². The van der Waals surface area contributed by atoms with E-state index in [1.807, 2.05) is 78.8 Å². The van der Waals surface area contributed by atoms with E-state index in [2.05, 4.69) is 39.2 Å². The molecule has 0 spiro atoms. The van der Waals surface area contributed by atoms with Crippen molar-refractivity contribution in [1.29, 1.82) is 0 Å². The van der Waals surface area contributed by atoms with Crippen LogP contribution in [0.25, 0.3) is 0 Å². The van der Waals surface area contributed by atoms with Crippen LogP contribution in [0.1, 0.15) is 99.5 Å². The Kier molecular flexibility index (Phi) is 20.5. The van der Waals surface area contributed by atoms with Crippen molar-refractivity contribution in [2.45, 2.75) is 143 Å². The number of likely N-dealkylation sites (tertiary alicyclic amines) is 1. The van der Waals surface area contributed by atoms with Gasteiger partial charge in [-0.25, -0.2) is 4.79 Å². The van der Waals surface area contributed by atoms with Crippen LogP contribution in [0.4, 0.5) is 0 Å². The molecule has 15 nitrogen and oxygen atoms in total. The predicted molar refractivity (Wildman–Crippen MR) is 222 cm³/mol. The van der Waals surface area contributed by atoms with Gasteiger partial charge in [-0.05, 0) is 54.9 Å². The molecule has 0 aromatic heterocycles. The number of hydrogen-bond donors (Lipinski definition) is 8. The molecule has 0 radical (unpaired) electrons. The molecule has 1 saturated heterocycles. The molecule has 16 heteroatoms. The van der Waals surface area contributed by atoms with E-state index in [9.17, 15) is 38.7 Å². The minimum atomic E-state index is -1.19. The van der Waals surface area contributed by atoms with Crippen molar-refractivity contribution in [3.8, 4) is 0 Å². The largest absolute Gasteiger partial charge is 0.480 e. The van der Waals surface area contributed by atoms with Crippen molar-refractivity contribution in [3.05, 3.63) is 35.9 Å².